The second-order valence-corrected chi connectivity index (χ2v) is 3.71. The van der Waals surface area contributed by atoms with Crippen molar-refractivity contribution in [1.29, 1.82) is 0 Å². The Balaban J connectivity index is 2.88. The Labute approximate surface area is 88.6 Å². The van der Waals surface area contributed by atoms with Crippen LogP contribution in [-0.4, -0.2) is 34.8 Å². The molecule has 0 spiro atoms. The Hall–Kier alpha value is -0.870. The number of hydrogen-bond acceptors (Lipinski definition) is 4. The van der Waals surface area contributed by atoms with E-state index in [0.717, 1.165) is 11.4 Å². The molecule has 1 N–H and O–H groups in total. The quantitative estimate of drug-likeness (QED) is 0.772. The van der Waals surface area contributed by atoms with Gasteiger partial charge in [-0.15, -0.1) is 0 Å². The van der Waals surface area contributed by atoms with Crippen LogP contribution in [0.5, 0.6) is 0 Å². The SMILES string of the molecule is Cc1cnc(Cl)nc1N(C)CC(C)O. The van der Waals surface area contributed by atoms with Crippen LogP contribution in [0.3, 0.4) is 0 Å². The molecule has 1 aromatic rings. The van der Waals surface area contributed by atoms with Crippen molar-refractivity contribution >= 4 is 17.4 Å². The smallest absolute Gasteiger partial charge is 0.224 e. The standard InChI is InChI=1S/C9H14ClN3O/c1-6-4-11-9(10)12-8(6)13(3)5-7(2)14/h4,7,14H,5H2,1-3H3. The lowest BCUT2D eigenvalue weighted by Gasteiger charge is -2.21. The molecule has 0 bridgehead atoms. The summed E-state index contributed by atoms with van der Waals surface area (Å²) in [5.74, 6) is 0.755. The molecule has 0 radical (unpaired) electrons. The minimum atomic E-state index is -0.395. The van der Waals surface area contributed by atoms with Gasteiger partial charge in [-0.25, -0.2) is 9.97 Å². The highest BCUT2D eigenvalue weighted by molar-refractivity contribution is 6.28. The molecule has 0 aliphatic heterocycles. The van der Waals surface area contributed by atoms with E-state index in [9.17, 15) is 5.11 Å². The van der Waals surface area contributed by atoms with Gasteiger partial charge in [-0.05, 0) is 25.4 Å². The zero-order chi connectivity index (χ0) is 10.7. The molecule has 5 heteroatoms. The van der Waals surface area contributed by atoms with Gasteiger partial charge in [-0.3, -0.25) is 0 Å². The Kier molecular flexibility index (Phi) is 3.66. The predicted octanol–water partition coefficient (Wildman–Crippen LogP) is 1.26. The summed E-state index contributed by atoms with van der Waals surface area (Å²) in [4.78, 5) is 9.82. The molecular weight excluding hydrogens is 202 g/mol. The molecule has 0 saturated carbocycles. The lowest BCUT2D eigenvalue weighted by molar-refractivity contribution is 0.201. The largest absolute Gasteiger partial charge is 0.392 e. The summed E-state index contributed by atoms with van der Waals surface area (Å²) >= 11 is 5.69. The summed E-state index contributed by atoms with van der Waals surface area (Å²) in [6, 6.07) is 0. The van der Waals surface area contributed by atoms with Crippen molar-refractivity contribution in [2.45, 2.75) is 20.0 Å². The van der Waals surface area contributed by atoms with Gasteiger partial charge >= 0.3 is 0 Å². The Morgan fingerprint density at radius 2 is 2.29 bits per heavy atom. The highest BCUT2D eigenvalue weighted by atomic mass is 35.5. The maximum Gasteiger partial charge on any atom is 0.224 e. The van der Waals surface area contributed by atoms with Crippen LogP contribution >= 0.6 is 11.6 Å². The number of aromatic nitrogens is 2. The van der Waals surface area contributed by atoms with E-state index in [1.165, 1.54) is 0 Å². The molecule has 1 unspecified atom stereocenters. The number of rotatable bonds is 3. The molecule has 0 fully saturated rings. The van der Waals surface area contributed by atoms with Gasteiger partial charge in [0, 0.05) is 25.4 Å². The molecule has 1 atom stereocenters. The number of hydrogen-bond donors (Lipinski definition) is 1. The summed E-state index contributed by atoms with van der Waals surface area (Å²) in [5.41, 5.74) is 0.942. The normalized spacial score (nSPS) is 12.6. The van der Waals surface area contributed by atoms with E-state index in [4.69, 9.17) is 11.6 Å². The molecule has 14 heavy (non-hydrogen) atoms. The van der Waals surface area contributed by atoms with Crippen molar-refractivity contribution in [3.05, 3.63) is 17.0 Å². The van der Waals surface area contributed by atoms with Crippen LogP contribution in [0.15, 0.2) is 6.20 Å². The van der Waals surface area contributed by atoms with Crippen LogP contribution in [0.4, 0.5) is 5.82 Å². The Morgan fingerprint density at radius 3 is 2.86 bits per heavy atom. The number of nitrogens with zero attached hydrogens (tertiary/aromatic N) is 3. The van der Waals surface area contributed by atoms with E-state index in [1.807, 2.05) is 18.9 Å². The minimum absolute atomic E-state index is 0.225. The number of aryl methyl sites for hydroxylation is 1. The summed E-state index contributed by atoms with van der Waals surface area (Å²) < 4.78 is 0. The minimum Gasteiger partial charge on any atom is -0.392 e. The van der Waals surface area contributed by atoms with Gasteiger partial charge in [0.25, 0.3) is 0 Å². The maximum atomic E-state index is 9.23. The van der Waals surface area contributed by atoms with Crippen molar-refractivity contribution in [3.63, 3.8) is 0 Å². The molecule has 0 saturated heterocycles. The first-order chi connectivity index (χ1) is 6.50. The van der Waals surface area contributed by atoms with Crippen LogP contribution in [0.1, 0.15) is 12.5 Å². The number of likely N-dealkylation sites (N-methyl/N-ethyl adjacent to an activating group) is 1. The fourth-order valence-corrected chi connectivity index (χ4v) is 1.41. The van der Waals surface area contributed by atoms with Crippen LogP contribution in [0.2, 0.25) is 5.28 Å². The van der Waals surface area contributed by atoms with Crippen molar-refractivity contribution in [2.24, 2.45) is 0 Å². The lowest BCUT2D eigenvalue weighted by atomic mass is 10.3. The predicted molar refractivity (Wildman–Crippen MR) is 56.7 cm³/mol. The number of anilines is 1. The summed E-state index contributed by atoms with van der Waals surface area (Å²) in [5, 5.41) is 9.45. The topological polar surface area (TPSA) is 49.2 Å². The molecule has 1 heterocycles. The van der Waals surface area contributed by atoms with Crippen molar-refractivity contribution in [3.8, 4) is 0 Å². The molecule has 0 aliphatic rings. The van der Waals surface area contributed by atoms with E-state index in [1.54, 1.807) is 13.1 Å². The van der Waals surface area contributed by atoms with Gasteiger partial charge in [0.05, 0.1) is 6.10 Å². The summed E-state index contributed by atoms with van der Waals surface area (Å²) in [6.07, 6.45) is 1.27. The Morgan fingerprint density at radius 1 is 1.64 bits per heavy atom. The third-order valence-corrected chi connectivity index (χ3v) is 2.00. The number of aliphatic hydroxyl groups excluding tert-OH is 1. The van der Waals surface area contributed by atoms with Crippen LogP contribution in [-0.2, 0) is 0 Å². The average molecular weight is 216 g/mol. The van der Waals surface area contributed by atoms with Gasteiger partial charge in [-0.2, -0.15) is 0 Å². The number of halogens is 1. The highest BCUT2D eigenvalue weighted by Gasteiger charge is 2.09. The maximum absolute atomic E-state index is 9.23. The van der Waals surface area contributed by atoms with E-state index in [-0.39, 0.29) is 5.28 Å². The molecule has 0 amide bonds. The summed E-state index contributed by atoms with van der Waals surface area (Å²) in [7, 11) is 1.86. The zero-order valence-corrected chi connectivity index (χ0v) is 9.28. The first-order valence-corrected chi connectivity index (χ1v) is 4.77. The fourth-order valence-electron chi connectivity index (χ4n) is 1.28. The van der Waals surface area contributed by atoms with E-state index < -0.39 is 6.10 Å². The van der Waals surface area contributed by atoms with Gasteiger partial charge in [0.2, 0.25) is 5.28 Å². The molecule has 0 aliphatic carbocycles. The van der Waals surface area contributed by atoms with E-state index >= 15 is 0 Å². The molecular formula is C9H14ClN3O. The van der Waals surface area contributed by atoms with Gasteiger partial charge in [0.1, 0.15) is 5.82 Å². The lowest BCUT2D eigenvalue weighted by Crippen LogP contribution is -2.28. The van der Waals surface area contributed by atoms with E-state index in [2.05, 4.69) is 9.97 Å². The molecule has 1 aromatic heterocycles. The average Bonchev–Trinajstić information content (AvgIpc) is 2.08. The van der Waals surface area contributed by atoms with Crippen LogP contribution in [0.25, 0.3) is 0 Å². The van der Waals surface area contributed by atoms with Crippen molar-refractivity contribution < 1.29 is 5.11 Å². The molecule has 78 valence electrons. The van der Waals surface area contributed by atoms with Crippen molar-refractivity contribution in [2.75, 3.05) is 18.5 Å². The fraction of sp³-hybridized carbons (Fsp3) is 0.556. The monoisotopic (exact) mass is 215 g/mol. The van der Waals surface area contributed by atoms with Gasteiger partial charge in [-0.1, -0.05) is 0 Å². The summed E-state index contributed by atoms with van der Waals surface area (Å²) in [6.45, 7) is 4.16. The van der Waals surface area contributed by atoms with Crippen molar-refractivity contribution in [1.82, 2.24) is 9.97 Å². The zero-order valence-electron chi connectivity index (χ0n) is 8.53. The van der Waals surface area contributed by atoms with Crippen LogP contribution in [0, 0.1) is 6.92 Å². The first kappa shape index (κ1) is 11.2. The first-order valence-electron chi connectivity index (χ1n) is 4.39. The van der Waals surface area contributed by atoms with E-state index in [0.29, 0.717) is 6.54 Å². The second kappa shape index (κ2) is 4.57. The molecule has 0 aromatic carbocycles. The number of aliphatic hydroxyl groups is 1. The second-order valence-electron chi connectivity index (χ2n) is 3.38. The molecule has 4 nitrogen and oxygen atoms in total. The highest BCUT2D eigenvalue weighted by Crippen LogP contribution is 2.16. The Bertz CT molecular complexity index is 317. The third kappa shape index (κ3) is 2.82. The molecule has 1 rings (SSSR count). The van der Waals surface area contributed by atoms with Crippen LogP contribution < -0.4 is 4.90 Å². The third-order valence-electron chi connectivity index (χ3n) is 1.82. The van der Waals surface area contributed by atoms with Gasteiger partial charge in [0.15, 0.2) is 0 Å². The van der Waals surface area contributed by atoms with Gasteiger partial charge < -0.3 is 10.0 Å².